The Morgan fingerprint density at radius 2 is 1.84 bits per heavy atom. The second-order valence-corrected chi connectivity index (χ2v) is 7.35. The Morgan fingerprint density at radius 3 is 2.64 bits per heavy atom. The lowest BCUT2D eigenvalue weighted by molar-refractivity contribution is 0.531. The fraction of sp³-hybridized carbons (Fsp3) is 0.211. The molecule has 0 saturated heterocycles. The Bertz CT molecular complexity index is 1010. The summed E-state index contributed by atoms with van der Waals surface area (Å²) >= 11 is 1.59. The molecule has 0 saturated carbocycles. The summed E-state index contributed by atoms with van der Waals surface area (Å²) in [5.41, 5.74) is 6.14. The molecule has 126 valence electrons. The summed E-state index contributed by atoms with van der Waals surface area (Å²) in [5, 5.41) is 5.14. The number of rotatable bonds is 5. The molecule has 25 heavy (non-hydrogen) atoms. The van der Waals surface area contributed by atoms with Gasteiger partial charge in [-0.05, 0) is 30.2 Å². The molecule has 2 aromatic heterocycles. The summed E-state index contributed by atoms with van der Waals surface area (Å²) in [6, 6.07) is 16.3. The van der Waals surface area contributed by atoms with Gasteiger partial charge in [0, 0.05) is 6.54 Å². The molecule has 0 radical (unpaired) electrons. The number of thiazole rings is 1. The van der Waals surface area contributed by atoms with Crippen LogP contribution in [0, 0.1) is 5.92 Å². The Labute approximate surface area is 150 Å². The van der Waals surface area contributed by atoms with Gasteiger partial charge in [-0.15, -0.1) is 0 Å². The van der Waals surface area contributed by atoms with Crippen LogP contribution in [0.2, 0.25) is 0 Å². The minimum Gasteiger partial charge on any atom is -0.323 e. The summed E-state index contributed by atoms with van der Waals surface area (Å²) < 4.78 is 3.36. The summed E-state index contributed by atoms with van der Waals surface area (Å²) in [5.74, 6) is 1.38. The van der Waals surface area contributed by atoms with Crippen LogP contribution in [0.1, 0.15) is 19.7 Å². The van der Waals surface area contributed by atoms with E-state index in [2.05, 4.69) is 46.1 Å². The van der Waals surface area contributed by atoms with Gasteiger partial charge in [0.2, 0.25) is 5.13 Å². The highest BCUT2D eigenvalue weighted by Gasteiger charge is 2.10. The van der Waals surface area contributed by atoms with Gasteiger partial charge in [-0.3, -0.25) is 5.43 Å². The van der Waals surface area contributed by atoms with Crippen LogP contribution in [-0.2, 0) is 6.54 Å². The van der Waals surface area contributed by atoms with Crippen molar-refractivity contribution in [1.82, 2.24) is 14.5 Å². The van der Waals surface area contributed by atoms with E-state index in [4.69, 9.17) is 4.98 Å². The number of imidazole rings is 1. The summed E-state index contributed by atoms with van der Waals surface area (Å²) in [6.07, 6.45) is 1.77. The van der Waals surface area contributed by atoms with Gasteiger partial charge in [-0.1, -0.05) is 49.4 Å². The first kappa shape index (κ1) is 15.8. The summed E-state index contributed by atoms with van der Waals surface area (Å²) in [6.45, 7) is 5.31. The van der Waals surface area contributed by atoms with E-state index >= 15 is 0 Å². The van der Waals surface area contributed by atoms with Crippen molar-refractivity contribution in [2.75, 3.05) is 5.43 Å². The van der Waals surface area contributed by atoms with Crippen molar-refractivity contribution >= 4 is 43.9 Å². The third-order valence-corrected chi connectivity index (χ3v) is 4.81. The maximum Gasteiger partial charge on any atom is 0.204 e. The monoisotopic (exact) mass is 349 g/mol. The van der Waals surface area contributed by atoms with Gasteiger partial charge in [0.15, 0.2) is 5.82 Å². The Morgan fingerprint density at radius 1 is 1.08 bits per heavy atom. The van der Waals surface area contributed by atoms with E-state index in [-0.39, 0.29) is 0 Å². The van der Waals surface area contributed by atoms with Crippen molar-refractivity contribution in [1.29, 1.82) is 0 Å². The summed E-state index contributed by atoms with van der Waals surface area (Å²) in [7, 11) is 0. The van der Waals surface area contributed by atoms with Gasteiger partial charge in [-0.2, -0.15) is 5.10 Å². The van der Waals surface area contributed by atoms with Crippen molar-refractivity contribution in [3.05, 3.63) is 54.4 Å². The number of aromatic nitrogens is 3. The van der Waals surface area contributed by atoms with Gasteiger partial charge in [-0.25, -0.2) is 9.97 Å². The number of hydrogen-bond acceptors (Lipinski definition) is 5. The molecule has 2 heterocycles. The number of fused-ring (bicyclic) bond motifs is 2. The molecule has 0 unspecified atom stereocenters. The number of para-hydroxylation sites is 3. The average Bonchev–Trinajstić information content (AvgIpc) is 3.16. The fourth-order valence-electron chi connectivity index (χ4n) is 2.81. The van der Waals surface area contributed by atoms with Crippen LogP contribution in [0.15, 0.2) is 53.6 Å². The Balaban J connectivity index is 1.61. The second kappa shape index (κ2) is 6.64. The van der Waals surface area contributed by atoms with E-state index in [0.29, 0.717) is 5.92 Å². The molecular formula is C19H19N5S. The molecule has 0 aliphatic rings. The van der Waals surface area contributed by atoms with Gasteiger partial charge < -0.3 is 4.57 Å². The third-order valence-electron chi connectivity index (χ3n) is 3.87. The van der Waals surface area contributed by atoms with Crippen LogP contribution < -0.4 is 5.43 Å². The highest BCUT2D eigenvalue weighted by atomic mass is 32.1. The number of nitrogens with one attached hydrogen (secondary N) is 1. The molecule has 0 amide bonds. The van der Waals surface area contributed by atoms with E-state index in [1.807, 2.05) is 36.4 Å². The first-order valence-electron chi connectivity index (χ1n) is 8.30. The predicted octanol–water partition coefficient (Wildman–Crippen LogP) is 4.75. The molecule has 6 heteroatoms. The molecule has 0 fully saturated rings. The van der Waals surface area contributed by atoms with Gasteiger partial charge in [0.25, 0.3) is 0 Å². The lowest BCUT2D eigenvalue weighted by Gasteiger charge is -2.09. The van der Waals surface area contributed by atoms with Crippen LogP contribution in [0.25, 0.3) is 21.3 Å². The van der Waals surface area contributed by atoms with Crippen LogP contribution in [0.4, 0.5) is 5.13 Å². The van der Waals surface area contributed by atoms with Gasteiger partial charge in [0.05, 0.1) is 27.5 Å². The maximum absolute atomic E-state index is 4.70. The topological polar surface area (TPSA) is 55.1 Å². The molecule has 5 nitrogen and oxygen atoms in total. The fourth-order valence-corrected chi connectivity index (χ4v) is 3.63. The molecule has 0 atom stereocenters. The quantitative estimate of drug-likeness (QED) is 0.418. The van der Waals surface area contributed by atoms with Gasteiger partial charge in [0.1, 0.15) is 0 Å². The van der Waals surface area contributed by atoms with E-state index in [1.54, 1.807) is 17.6 Å². The number of nitrogens with zero attached hydrogens (tertiary/aromatic N) is 4. The van der Waals surface area contributed by atoms with E-state index in [1.165, 1.54) is 0 Å². The van der Waals surface area contributed by atoms with Crippen molar-refractivity contribution in [3.8, 4) is 0 Å². The molecule has 0 spiro atoms. The molecule has 1 N–H and O–H groups in total. The van der Waals surface area contributed by atoms with Gasteiger partial charge >= 0.3 is 0 Å². The molecule has 4 rings (SSSR count). The minimum absolute atomic E-state index is 0.530. The van der Waals surface area contributed by atoms with Crippen molar-refractivity contribution in [2.24, 2.45) is 11.0 Å². The van der Waals surface area contributed by atoms with E-state index < -0.39 is 0 Å². The molecule has 4 aromatic rings. The zero-order valence-electron chi connectivity index (χ0n) is 14.2. The SMILES string of the molecule is CC(C)Cn1c(C=NNc2nc3ccccc3s2)nc2ccccc21. The highest BCUT2D eigenvalue weighted by molar-refractivity contribution is 7.22. The predicted molar refractivity (Wildman–Crippen MR) is 105 cm³/mol. The van der Waals surface area contributed by atoms with Crippen molar-refractivity contribution in [3.63, 3.8) is 0 Å². The molecule has 2 aromatic carbocycles. The molecule has 0 bridgehead atoms. The average molecular weight is 349 g/mol. The Hall–Kier alpha value is -2.73. The van der Waals surface area contributed by atoms with E-state index in [9.17, 15) is 0 Å². The van der Waals surface area contributed by atoms with Crippen LogP contribution in [-0.4, -0.2) is 20.7 Å². The lowest BCUT2D eigenvalue weighted by atomic mass is 10.2. The normalized spacial score (nSPS) is 12.0. The third kappa shape index (κ3) is 3.25. The molecular weight excluding hydrogens is 330 g/mol. The first-order chi connectivity index (χ1) is 12.2. The summed E-state index contributed by atoms with van der Waals surface area (Å²) in [4.78, 5) is 9.22. The number of hydrazone groups is 1. The van der Waals surface area contributed by atoms with Crippen LogP contribution in [0.5, 0.6) is 0 Å². The molecule has 0 aliphatic heterocycles. The highest BCUT2D eigenvalue weighted by Crippen LogP contribution is 2.25. The standard InChI is InChI=1S/C19H19N5S/c1-13(2)12-24-16-9-5-3-7-14(16)21-18(24)11-20-23-19-22-15-8-4-6-10-17(15)25-19/h3-11,13H,12H2,1-2H3,(H,22,23). The Kier molecular flexibility index (Phi) is 4.19. The second-order valence-electron chi connectivity index (χ2n) is 6.32. The smallest absolute Gasteiger partial charge is 0.204 e. The molecule has 0 aliphatic carbocycles. The number of anilines is 1. The van der Waals surface area contributed by atoms with E-state index in [0.717, 1.165) is 38.8 Å². The zero-order valence-corrected chi connectivity index (χ0v) is 15.0. The van der Waals surface area contributed by atoms with Crippen molar-refractivity contribution in [2.45, 2.75) is 20.4 Å². The maximum atomic E-state index is 4.70. The van der Waals surface area contributed by atoms with Crippen LogP contribution >= 0.6 is 11.3 Å². The lowest BCUT2D eigenvalue weighted by Crippen LogP contribution is -2.08. The van der Waals surface area contributed by atoms with Crippen molar-refractivity contribution < 1.29 is 0 Å². The number of benzene rings is 2. The minimum atomic E-state index is 0.530. The zero-order chi connectivity index (χ0) is 17.2. The first-order valence-corrected chi connectivity index (χ1v) is 9.12. The largest absolute Gasteiger partial charge is 0.323 e. The van der Waals surface area contributed by atoms with Crippen LogP contribution in [0.3, 0.4) is 0 Å². The number of hydrogen-bond donors (Lipinski definition) is 1.